The molecule has 1 heterocycles. The number of nitriles is 1. The molecule has 0 aliphatic heterocycles. The van der Waals surface area contributed by atoms with E-state index in [1.165, 1.54) is 12.1 Å². The molecule has 3 aromatic rings. The standard InChI is InChI=1S/C19H17FN4O/c1-24(11-13-6-8-14(20)9-7-13)12-18(25)15(10-21)19-22-16-4-2-3-5-17(16)23-19/h2-9,25H,11-12H2,1H3,(H,22,23)/b18-15-. The van der Waals surface area contributed by atoms with Gasteiger partial charge in [-0.2, -0.15) is 5.26 Å². The van der Waals surface area contributed by atoms with Crippen molar-refractivity contribution in [3.05, 3.63) is 71.5 Å². The molecule has 6 heteroatoms. The smallest absolute Gasteiger partial charge is 0.152 e. The maximum Gasteiger partial charge on any atom is 0.152 e. The summed E-state index contributed by atoms with van der Waals surface area (Å²) < 4.78 is 13.0. The summed E-state index contributed by atoms with van der Waals surface area (Å²) in [5.41, 5.74) is 2.57. The fraction of sp³-hybridized carbons (Fsp3) is 0.158. The Morgan fingerprint density at radius 3 is 2.64 bits per heavy atom. The molecule has 0 fully saturated rings. The highest BCUT2D eigenvalue weighted by molar-refractivity contribution is 5.82. The van der Waals surface area contributed by atoms with Gasteiger partial charge in [-0.25, -0.2) is 9.37 Å². The molecule has 126 valence electrons. The number of aromatic amines is 1. The van der Waals surface area contributed by atoms with Crippen LogP contribution in [0.2, 0.25) is 0 Å². The molecule has 0 aliphatic rings. The second-order valence-corrected chi connectivity index (χ2v) is 5.83. The Kier molecular flexibility index (Phi) is 4.78. The average molecular weight is 336 g/mol. The summed E-state index contributed by atoms with van der Waals surface area (Å²) in [6.45, 7) is 0.695. The van der Waals surface area contributed by atoms with Crippen LogP contribution in [0.1, 0.15) is 11.4 Å². The number of hydrogen-bond donors (Lipinski definition) is 2. The number of aliphatic hydroxyl groups excluding tert-OH is 1. The van der Waals surface area contributed by atoms with Gasteiger partial charge in [-0.15, -0.1) is 0 Å². The molecule has 0 unspecified atom stereocenters. The molecular weight excluding hydrogens is 319 g/mol. The Morgan fingerprint density at radius 1 is 1.24 bits per heavy atom. The number of imidazole rings is 1. The molecule has 2 aromatic carbocycles. The molecule has 0 bridgehead atoms. The molecular formula is C19H17FN4O. The minimum absolute atomic E-state index is 0.0637. The lowest BCUT2D eigenvalue weighted by Gasteiger charge is -2.16. The zero-order valence-corrected chi connectivity index (χ0v) is 13.7. The number of H-pyrrole nitrogens is 1. The molecule has 1 aromatic heterocycles. The highest BCUT2D eigenvalue weighted by atomic mass is 19.1. The zero-order chi connectivity index (χ0) is 17.8. The van der Waals surface area contributed by atoms with Crippen LogP contribution >= 0.6 is 0 Å². The highest BCUT2D eigenvalue weighted by Crippen LogP contribution is 2.19. The Balaban J connectivity index is 1.79. The summed E-state index contributed by atoms with van der Waals surface area (Å²) in [5.74, 6) is -0.00616. The minimum Gasteiger partial charge on any atom is -0.509 e. The van der Waals surface area contributed by atoms with Crippen molar-refractivity contribution < 1.29 is 9.50 Å². The summed E-state index contributed by atoms with van der Waals surface area (Å²) in [6.07, 6.45) is 0. The molecule has 0 radical (unpaired) electrons. The molecule has 0 amide bonds. The van der Waals surface area contributed by atoms with Gasteiger partial charge in [0.1, 0.15) is 23.2 Å². The lowest BCUT2D eigenvalue weighted by Crippen LogP contribution is -2.21. The third kappa shape index (κ3) is 3.84. The van der Waals surface area contributed by atoms with Gasteiger partial charge in [-0.1, -0.05) is 24.3 Å². The fourth-order valence-electron chi connectivity index (χ4n) is 2.62. The number of para-hydroxylation sites is 2. The third-order valence-corrected chi connectivity index (χ3v) is 3.81. The number of nitrogens with zero attached hydrogens (tertiary/aromatic N) is 3. The normalized spacial score (nSPS) is 12.2. The maximum atomic E-state index is 13.0. The summed E-state index contributed by atoms with van der Waals surface area (Å²) in [4.78, 5) is 9.23. The van der Waals surface area contributed by atoms with Crippen molar-refractivity contribution in [2.75, 3.05) is 13.6 Å². The molecule has 25 heavy (non-hydrogen) atoms. The van der Waals surface area contributed by atoms with Crippen LogP contribution in [0.5, 0.6) is 0 Å². The van der Waals surface area contributed by atoms with E-state index in [2.05, 4.69) is 9.97 Å². The number of rotatable bonds is 5. The molecule has 0 saturated carbocycles. The largest absolute Gasteiger partial charge is 0.509 e. The fourth-order valence-corrected chi connectivity index (χ4v) is 2.62. The Hall–Kier alpha value is -3.17. The van der Waals surface area contributed by atoms with Crippen LogP contribution in [0.25, 0.3) is 16.6 Å². The number of likely N-dealkylation sites (N-methyl/N-ethyl adjacent to an activating group) is 1. The zero-order valence-electron chi connectivity index (χ0n) is 13.7. The lowest BCUT2D eigenvalue weighted by atomic mass is 10.2. The van der Waals surface area contributed by atoms with Crippen molar-refractivity contribution in [2.24, 2.45) is 0 Å². The Bertz CT molecular complexity index is 920. The van der Waals surface area contributed by atoms with Crippen molar-refractivity contribution in [3.8, 4) is 6.07 Å². The minimum atomic E-state index is -0.286. The maximum absolute atomic E-state index is 13.0. The van der Waals surface area contributed by atoms with Crippen LogP contribution in [0.4, 0.5) is 4.39 Å². The number of halogens is 1. The summed E-state index contributed by atoms with van der Waals surface area (Å²) in [5, 5.41) is 19.8. The lowest BCUT2D eigenvalue weighted by molar-refractivity contribution is 0.285. The van der Waals surface area contributed by atoms with Crippen molar-refractivity contribution in [2.45, 2.75) is 6.54 Å². The van der Waals surface area contributed by atoms with Gasteiger partial charge < -0.3 is 10.1 Å². The molecule has 0 aliphatic carbocycles. The highest BCUT2D eigenvalue weighted by Gasteiger charge is 2.14. The Morgan fingerprint density at radius 2 is 1.96 bits per heavy atom. The first-order valence-corrected chi connectivity index (χ1v) is 7.77. The van der Waals surface area contributed by atoms with Crippen LogP contribution in [0.15, 0.2) is 54.3 Å². The van der Waals surface area contributed by atoms with Gasteiger partial charge in [-0.3, -0.25) is 4.90 Å². The van der Waals surface area contributed by atoms with Crippen molar-refractivity contribution in [1.82, 2.24) is 14.9 Å². The van der Waals surface area contributed by atoms with E-state index >= 15 is 0 Å². The number of aromatic nitrogens is 2. The predicted octanol–water partition coefficient (Wildman–Crippen LogP) is 3.63. The Labute approximate surface area is 144 Å². The number of allylic oxidation sites excluding steroid dienone is 1. The molecule has 5 nitrogen and oxygen atoms in total. The third-order valence-electron chi connectivity index (χ3n) is 3.81. The van der Waals surface area contributed by atoms with Crippen LogP contribution in [0, 0.1) is 17.1 Å². The molecule has 3 rings (SSSR count). The second-order valence-electron chi connectivity index (χ2n) is 5.83. The number of nitrogens with one attached hydrogen (secondary N) is 1. The number of fused-ring (bicyclic) bond motifs is 1. The predicted molar refractivity (Wildman–Crippen MR) is 94.0 cm³/mol. The van der Waals surface area contributed by atoms with Gasteiger partial charge in [0.2, 0.25) is 0 Å². The van der Waals surface area contributed by atoms with Gasteiger partial charge in [-0.05, 0) is 36.9 Å². The number of aliphatic hydroxyl groups is 1. The van der Waals surface area contributed by atoms with Gasteiger partial charge in [0.15, 0.2) is 5.82 Å². The van der Waals surface area contributed by atoms with Gasteiger partial charge >= 0.3 is 0 Å². The molecule has 0 spiro atoms. The van der Waals surface area contributed by atoms with Gasteiger partial charge in [0.25, 0.3) is 0 Å². The van der Waals surface area contributed by atoms with E-state index in [1.807, 2.05) is 42.3 Å². The first kappa shape index (κ1) is 16.7. The average Bonchev–Trinajstić information content (AvgIpc) is 3.01. The van der Waals surface area contributed by atoms with Gasteiger partial charge in [0, 0.05) is 6.54 Å². The van der Waals surface area contributed by atoms with Crippen molar-refractivity contribution >= 4 is 16.6 Å². The number of hydrogen-bond acceptors (Lipinski definition) is 4. The topological polar surface area (TPSA) is 75.9 Å². The quantitative estimate of drug-likeness (QED) is 0.551. The van der Waals surface area contributed by atoms with Crippen LogP contribution in [-0.2, 0) is 6.54 Å². The van der Waals surface area contributed by atoms with Crippen molar-refractivity contribution in [1.29, 1.82) is 5.26 Å². The van der Waals surface area contributed by atoms with E-state index in [0.717, 1.165) is 16.6 Å². The van der Waals surface area contributed by atoms with E-state index in [0.29, 0.717) is 12.4 Å². The summed E-state index contributed by atoms with van der Waals surface area (Å²) in [7, 11) is 1.81. The van der Waals surface area contributed by atoms with E-state index in [9.17, 15) is 14.8 Å². The molecule has 2 N–H and O–H groups in total. The summed E-state index contributed by atoms with van der Waals surface area (Å²) >= 11 is 0. The summed E-state index contributed by atoms with van der Waals surface area (Å²) in [6, 6.07) is 15.6. The van der Waals surface area contributed by atoms with E-state index < -0.39 is 0 Å². The van der Waals surface area contributed by atoms with E-state index in [4.69, 9.17) is 0 Å². The molecule has 0 atom stereocenters. The first-order chi connectivity index (χ1) is 12.1. The SMILES string of the molecule is CN(C/C(O)=C(\C#N)c1nc2ccccc2[nH]1)Cc1ccc(F)cc1. The molecule has 0 saturated heterocycles. The number of benzene rings is 2. The van der Waals surface area contributed by atoms with Crippen LogP contribution < -0.4 is 0 Å². The monoisotopic (exact) mass is 336 g/mol. The van der Waals surface area contributed by atoms with Gasteiger partial charge in [0.05, 0.1) is 17.6 Å². The van der Waals surface area contributed by atoms with Crippen LogP contribution in [-0.4, -0.2) is 33.6 Å². The first-order valence-electron chi connectivity index (χ1n) is 7.77. The second kappa shape index (κ2) is 7.16. The van der Waals surface area contributed by atoms with E-state index in [1.54, 1.807) is 12.1 Å². The van der Waals surface area contributed by atoms with E-state index in [-0.39, 0.29) is 23.7 Å². The van der Waals surface area contributed by atoms with Crippen LogP contribution in [0.3, 0.4) is 0 Å². The van der Waals surface area contributed by atoms with Crippen molar-refractivity contribution in [3.63, 3.8) is 0 Å².